The lowest BCUT2D eigenvalue weighted by atomic mass is 10.2. The van der Waals surface area contributed by atoms with Crippen LogP contribution in [0.4, 0.5) is 5.82 Å². The van der Waals surface area contributed by atoms with Crippen molar-refractivity contribution in [3.05, 3.63) is 48.3 Å². The minimum Gasteiger partial charge on any atom is -0.349 e. The molecule has 3 rings (SSSR count). The highest BCUT2D eigenvalue weighted by Gasteiger charge is 2.16. The van der Waals surface area contributed by atoms with E-state index in [0.717, 1.165) is 47.9 Å². The predicted octanol–water partition coefficient (Wildman–Crippen LogP) is 2.28. The number of hydrogen-bond donors (Lipinski definition) is 1. The van der Waals surface area contributed by atoms with Crippen molar-refractivity contribution in [1.29, 1.82) is 0 Å². The number of nitrogens with zero attached hydrogens (tertiary/aromatic N) is 5. The highest BCUT2D eigenvalue weighted by molar-refractivity contribution is 5.89. The summed E-state index contributed by atoms with van der Waals surface area (Å²) in [5.41, 5.74) is 6.68. The molecule has 0 aliphatic rings. The number of fused-ring (bicyclic) bond motifs is 1. The third-order valence-electron chi connectivity index (χ3n) is 4.04. The highest BCUT2D eigenvalue weighted by atomic mass is 15.2. The Morgan fingerprint density at radius 2 is 2.04 bits per heavy atom. The van der Waals surface area contributed by atoms with Gasteiger partial charge in [0.25, 0.3) is 0 Å². The first kappa shape index (κ1) is 16.4. The smallest absolute Gasteiger partial charge is 0.140 e. The molecule has 0 fully saturated rings. The fourth-order valence-electron chi connectivity index (χ4n) is 2.84. The predicted molar refractivity (Wildman–Crippen MR) is 96.8 cm³/mol. The number of aryl methyl sites for hydroxylation is 1. The quantitative estimate of drug-likeness (QED) is 0.722. The second-order valence-electron chi connectivity index (χ2n) is 5.90. The molecule has 0 bridgehead atoms. The van der Waals surface area contributed by atoms with Gasteiger partial charge >= 0.3 is 0 Å². The summed E-state index contributed by atoms with van der Waals surface area (Å²) in [6.45, 7) is 4.36. The molecule has 1 aromatic carbocycles. The van der Waals surface area contributed by atoms with Crippen LogP contribution in [0.15, 0.2) is 36.7 Å². The summed E-state index contributed by atoms with van der Waals surface area (Å²) in [5, 5.41) is 1.07. The molecule has 6 heteroatoms. The van der Waals surface area contributed by atoms with Crippen molar-refractivity contribution < 1.29 is 0 Å². The molecule has 2 N–H and O–H groups in total. The zero-order valence-corrected chi connectivity index (χ0v) is 14.3. The van der Waals surface area contributed by atoms with E-state index >= 15 is 0 Å². The van der Waals surface area contributed by atoms with E-state index in [9.17, 15) is 0 Å². The molecule has 0 saturated carbocycles. The van der Waals surface area contributed by atoms with Crippen LogP contribution in [0.5, 0.6) is 0 Å². The Morgan fingerprint density at radius 3 is 2.75 bits per heavy atom. The second kappa shape index (κ2) is 7.40. The summed E-state index contributed by atoms with van der Waals surface area (Å²) in [5.74, 6) is 2.78. The molecular weight excluding hydrogens is 300 g/mol. The van der Waals surface area contributed by atoms with E-state index in [2.05, 4.69) is 27.9 Å². The van der Waals surface area contributed by atoms with Gasteiger partial charge in [0.05, 0.1) is 12.1 Å². The Balaban J connectivity index is 2.06. The van der Waals surface area contributed by atoms with Crippen LogP contribution < -0.4 is 10.6 Å². The summed E-state index contributed by atoms with van der Waals surface area (Å²) in [4.78, 5) is 16.2. The summed E-state index contributed by atoms with van der Waals surface area (Å²) in [6.07, 6.45) is 5.52. The summed E-state index contributed by atoms with van der Waals surface area (Å²) in [6, 6.07) is 8.15. The number of imidazole rings is 1. The molecule has 0 saturated heterocycles. The van der Waals surface area contributed by atoms with Crippen molar-refractivity contribution in [3.63, 3.8) is 0 Å². The Bertz CT molecular complexity index is 810. The van der Waals surface area contributed by atoms with Crippen LogP contribution in [0, 0.1) is 0 Å². The molecule has 24 heavy (non-hydrogen) atoms. The van der Waals surface area contributed by atoms with Gasteiger partial charge in [-0.2, -0.15) is 0 Å². The summed E-state index contributed by atoms with van der Waals surface area (Å²) in [7, 11) is 2.02. The average molecular weight is 324 g/mol. The van der Waals surface area contributed by atoms with Gasteiger partial charge in [0.2, 0.25) is 0 Å². The Kier molecular flexibility index (Phi) is 5.05. The van der Waals surface area contributed by atoms with Crippen LogP contribution in [0.1, 0.15) is 25.0 Å². The van der Waals surface area contributed by atoms with Crippen LogP contribution >= 0.6 is 0 Å². The molecule has 0 unspecified atom stereocenters. The van der Waals surface area contributed by atoms with Crippen molar-refractivity contribution in [2.75, 3.05) is 18.0 Å². The molecule has 2 aromatic heterocycles. The average Bonchev–Trinajstić information content (AvgIpc) is 2.99. The van der Waals surface area contributed by atoms with Gasteiger partial charge in [-0.05, 0) is 25.1 Å². The highest BCUT2D eigenvalue weighted by Crippen LogP contribution is 2.25. The molecule has 0 radical (unpaired) electrons. The van der Waals surface area contributed by atoms with Crippen LogP contribution in [0.3, 0.4) is 0 Å². The maximum Gasteiger partial charge on any atom is 0.140 e. The number of benzene rings is 1. The zero-order valence-electron chi connectivity index (χ0n) is 14.3. The molecule has 0 aliphatic carbocycles. The van der Waals surface area contributed by atoms with Gasteiger partial charge in [0, 0.05) is 37.8 Å². The minimum absolute atomic E-state index is 0.547. The summed E-state index contributed by atoms with van der Waals surface area (Å²) < 4.78 is 2.05. The van der Waals surface area contributed by atoms with E-state index in [4.69, 9.17) is 10.7 Å². The van der Waals surface area contributed by atoms with E-state index in [-0.39, 0.29) is 0 Å². The van der Waals surface area contributed by atoms with Gasteiger partial charge < -0.3 is 15.2 Å². The summed E-state index contributed by atoms with van der Waals surface area (Å²) >= 11 is 0. The molecule has 126 valence electrons. The number of aromatic nitrogens is 4. The third-order valence-corrected chi connectivity index (χ3v) is 4.04. The van der Waals surface area contributed by atoms with E-state index < -0.39 is 0 Å². The van der Waals surface area contributed by atoms with Crippen LogP contribution in [0.2, 0.25) is 0 Å². The molecule has 0 atom stereocenters. The SMILES string of the molecule is CCCN(Cc1nccn1C)c1nc(CCN)nc2ccccc12. The lowest BCUT2D eigenvalue weighted by Crippen LogP contribution is -2.27. The lowest BCUT2D eigenvalue weighted by molar-refractivity contribution is 0.694. The molecule has 0 aliphatic heterocycles. The van der Waals surface area contributed by atoms with Gasteiger partial charge in [-0.1, -0.05) is 19.1 Å². The van der Waals surface area contributed by atoms with Gasteiger partial charge in [0.1, 0.15) is 17.5 Å². The normalized spacial score (nSPS) is 11.1. The van der Waals surface area contributed by atoms with Crippen LogP contribution in [-0.4, -0.2) is 32.6 Å². The first-order chi connectivity index (χ1) is 11.7. The first-order valence-electron chi connectivity index (χ1n) is 8.39. The Labute approximate surface area is 142 Å². The van der Waals surface area contributed by atoms with Gasteiger partial charge in [-0.25, -0.2) is 15.0 Å². The fraction of sp³-hybridized carbons (Fsp3) is 0.389. The fourth-order valence-corrected chi connectivity index (χ4v) is 2.84. The molecule has 0 spiro atoms. The first-order valence-corrected chi connectivity index (χ1v) is 8.39. The number of anilines is 1. The van der Waals surface area contributed by atoms with Crippen LogP contribution in [-0.2, 0) is 20.0 Å². The molecule has 3 aromatic rings. The second-order valence-corrected chi connectivity index (χ2v) is 5.90. The van der Waals surface area contributed by atoms with Crippen molar-refractivity contribution in [2.24, 2.45) is 12.8 Å². The van der Waals surface area contributed by atoms with E-state index in [1.165, 1.54) is 0 Å². The van der Waals surface area contributed by atoms with Crippen molar-refractivity contribution in [3.8, 4) is 0 Å². The molecular formula is C18H24N6. The van der Waals surface area contributed by atoms with E-state index in [0.29, 0.717) is 13.0 Å². The van der Waals surface area contributed by atoms with Crippen molar-refractivity contribution in [1.82, 2.24) is 19.5 Å². The van der Waals surface area contributed by atoms with Crippen molar-refractivity contribution >= 4 is 16.7 Å². The topological polar surface area (TPSA) is 72.9 Å². The monoisotopic (exact) mass is 324 g/mol. The number of para-hydroxylation sites is 1. The lowest BCUT2D eigenvalue weighted by Gasteiger charge is -2.24. The maximum absolute atomic E-state index is 5.71. The minimum atomic E-state index is 0.547. The maximum atomic E-state index is 5.71. The molecule has 0 amide bonds. The zero-order chi connectivity index (χ0) is 16.9. The Hall–Kier alpha value is -2.47. The Morgan fingerprint density at radius 1 is 1.21 bits per heavy atom. The van der Waals surface area contributed by atoms with Gasteiger partial charge in [0.15, 0.2) is 0 Å². The molecule has 2 heterocycles. The largest absolute Gasteiger partial charge is 0.349 e. The van der Waals surface area contributed by atoms with Gasteiger partial charge in [-0.15, -0.1) is 0 Å². The van der Waals surface area contributed by atoms with E-state index in [1.807, 2.05) is 42.2 Å². The third kappa shape index (κ3) is 3.38. The van der Waals surface area contributed by atoms with Crippen LogP contribution in [0.25, 0.3) is 10.9 Å². The number of hydrogen-bond acceptors (Lipinski definition) is 5. The van der Waals surface area contributed by atoms with E-state index in [1.54, 1.807) is 0 Å². The van der Waals surface area contributed by atoms with Gasteiger partial charge in [-0.3, -0.25) is 0 Å². The number of nitrogens with two attached hydrogens (primary N) is 1. The van der Waals surface area contributed by atoms with Crippen molar-refractivity contribution in [2.45, 2.75) is 26.3 Å². The number of rotatable bonds is 7. The molecule has 6 nitrogen and oxygen atoms in total. The standard InChI is InChI=1S/C18H24N6/c1-3-11-24(13-17-20-10-12-23(17)2)18-14-6-4-5-7-15(14)21-16(22-18)8-9-19/h4-7,10,12H,3,8-9,11,13,19H2,1-2H3.